The Morgan fingerprint density at radius 1 is 1.29 bits per heavy atom. The molecule has 4 rings (SSSR count). The molecule has 1 aliphatic carbocycles. The third kappa shape index (κ3) is 2.67. The van der Waals surface area contributed by atoms with Crippen molar-refractivity contribution in [1.29, 1.82) is 0 Å². The van der Waals surface area contributed by atoms with Crippen LogP contribution >= 0.6 is 0 Å². The topological polar surface area (TPSA) is 85.1 Å². The standard InChI is InChI=1S/C17H19N5O2/c1-24-14-5-3-2-4-12(14)13(23)8-18-16-15-17(20-9-19-16)22(10-21-15)11-6-7-11/h2-5,9-11,13,23H,6-8H2,1H3,(H,18,19,20). The van der Waals surface area contributed by atoms with Gasteiger partial charge < -0.3 is 19.7 Å². The molecule has 0 bridgehead atoms. The van der Waals surface area contributed by atoms with Crippen LogP contribution < -0.4 is 10.1 Å². The van der Waals surface area contributed by atoms with E-state index in [1.807, 2.05) is 30.6 Å². The summed E-state index contributed by atoms with van der Waals surface area (Å²) in [7, 11) is 1.59. The fraction of sp³-hybridized carbons (Fsp3) is 0.353. The first kappa shape index (κ1) is 14.9. The third-order valence-electron chi connectivity index (χ3n) is 4.26. The van der Waals surface area contributed by atoms with Gasteiger partial charge in [-0.1, -0.05) is 18.2 Å². The van der Waals surface area contributed by atoms with E-state index in [0.29, 0.717) is 24.2 Å². The number of anilines is 1. The van der Waals surface area contributed by atoms with Gasteiger partial charge in [0, 0.05) is 18.2 Å². The quantitative estimate of drug-likeness (QED) is 0.723. The molecule has 1 fully saturated rings. The number of imidazole rings is 1. The van der Waals surface area contributed by atoms with Gasteiger partial charge in [-0.05, 0) is 18.9 Å². The maximum atomic E-state index is 10.5. The molecule has 24 heavy (non-hydrogen) atoms. The van der Waals surface area contributed by atoms with Crippen molar-refractivity contribution in [2.75, 3.05) is 19.0 Å². The summed E-state index contributed by atoms with van der Waals surface area (Å²) in [6.07, 6.45) is 4.98. The summed E-state index contributed by atoms with van der Waals surface area (Å²) in [5.41, 5.74) is 2.31. The molecule has 0 spiro atoms. The number of para-hydroxylation sites is 1. The Labute approximate surface area is 139 Å². The first-order valence-electron chi connectivity index (χ1n) is 8.00. The van der Waals surface area contributed by atoms with Crippen LogP contribution in [0.25, 0.3) is 11.2 Å². The number of nitrogens with zero attached hydrogens (tertiary/aromatic N) is 4. The molecule has 2 aromatic heterocycles. The Bertz CT molecular complexity index is 859. The van der Waals surface area contributed by atoms with Crippen LogP contribution in [0.4, 0.5) is 5.82 Å². The molecular formula is C17H19N5O2. The molecule has 2 heterocycles. The zero-order chi connectivity index (χ0) is 16.5. The fourth-order valence-electron chi connectivity index (χ4n) is 2.85. The van der Waals surface area contributed by atoms with Crippen molar-refractivity contribution in [2.24, 2.45) is 0 Å². The largest absolute Gasteiger partial charge is 0.496 e. The maximum Gasteiger partial charge on any atom is 0.165 e. The van der Waals surface area contributed by atoms with Crippen LogP contribution in [0, 0.1) is 0 Å². The first-order valence-corrected chi connectivity index (χ1v) is 8.00. The van der Waals surface area contributed by atoms with Crippen molar-refractivity contribution in [1.82, 2.24) is 19.5 Å². The Balaban J connectivity index is 1.54. The lowest BCUT2D eigenvalue weighted by Crippen LogP contribution is -2.14. The summed E-state index contributed by atoms with van der Waals surface area (Å²) in [6, 6.07) is 7.95. The van der Waals surface area contributed by atoms with Crippen LogP contribution in [-0.4, -0.2) is 38.3 Å². The number of aromatic nitrogens is 4. The monoisotopic (exact) mass is 325 g/mol. The Kier molecular flexibility index (Phi) is 3.78. The van der Waals surface area contributed by atoms with Crippen molar-refractivity contribution < 1.29 is 9.84 Å². The van der Waals surface area contributed by atoms with Crippen LogP contribution in [0.1, 0.15) is 30.6 Å². The van der Waals surface area contributed by atoms with Crippen molar-refractivity contribution in [2.45, 2.75) is 25.0 Å². The highest BCUT2D eigenvalue weighted by Crippen LogP contribution is 2.37. The van der Waals surface area contributed by atoms with E-state index >= 15 is 0 Å². The van der Waals surface area contributed by atoms with Crippen molar-refractivity contribution in [3.8, 4) is 5.75 Å². The van der Waals surface area contributed by atoms with E-state index in [4.69, 9.17) is 4.74 Å². The SMILES string of the molecule is COc1ccccc1C(O)CNc1ncnc2c1ncn2C1CC1. The van der Waals surface area contributed by atoms with E-state index in [1.54, 1.807) is 7.11 Å². The molecule has 7 nitrogen and oxygen atoms in total. The van der Waals surface area contributed by atoms with Gasteiger partial charge >= 0.3 is 0 Å². The third-order valence-corrected chi connectivity index (χ3v) is 4.26. The van der Waals surface area contributed by atoms with Crippen molar-refractivity contribution in [3.63, 3.8) is 0 Å². The Morgan fingerprint density at radius 2 is 2.12 bits per heavy atom. The van der Waals surface area contributed by atoms with Gasteiger partial charge in [0.25, 0.3) is 0 Å². The lowest BCUT2D eigenvalue weighted by molar-refractivity contribution is 0.187. The number of fused-ring (bicyclic) bond motifs is 1. The average Bonchev–Trinajstić information content (AvgIpc) is 3.38. The molecule has 0 saturated heterocycles. The molecule has 1 aliphatic rings. The zero-order valence-electron chi connectivity index (χ0n) is 13.4. The number of ether oxygens (including phenoxy) is 1. The molecule has 7 heteroatoms. The molecule has 2 N–H and O–H groups in total. The Morgan fingerprint density at radius 3 is 2.92 bits per heavy atom. The molecule has 1 atom stereocenters. The van der Waals surface area contributed by atoms with E-state index in [2.05, 4.69) is 24.8 Å². The van der Waals surface area contributed by atoms with Gasteiger partial charge in [0.2, 0.25) is 0 Å². The van der Waals surface area contributed by atoms with Crippen molar-refractivity contribution >= 4 is 17.0 Å². The highest BCUT2D eigenvalue weighted by molar-refractivity contribution is 5.82. The van der Waals surface area contributed by atoms with Crippen molar-refractivity contribution in [3.05, 3.63) is 42.5 Å². The van der Waals surface area contributed by atoms with Gasteiger partial charge in [-0.25, -0.2) is 15.0 Å². The molecule has 3 aromatic rings. The van der Waals surface area contributed by atoms with Gasteiger partial charge in [-0.15, -0.1) is 0 Å². The van der Waals surface area contributed by atoms with Crippen LogP contribution in [-0.2, 0) is 0 Å². The predicted molar refractivity (Wildman–Crippen MR) is 90.0 cm³/mol. The molecule has 1 aromatic carbocycles. The number of methoxy groups -OCH3 is 1. The van der Waals surface area contributed by atoms with E-state index in [-0.39, 0.29) is 0 Å². The molecule has 0 radical (unpaired) electrons. The summed E-state index contributed by atoms with van der Waals surface area (Å²) in [6.45, 7) is 0.308. The normalized spacial score (nSPS) is 15.4. The molecule has 124 valence electrons. The number of rotatable bonds is 6. The molecule has 1 unspecified atom stereocenters. The second-order valence-electron chi connectivity index (χ2n) is 5.92. The zero-order valence-corrected chi connectivity index (χ0v) is 13.4. The van der Waals surface area contributed by atoms with Gasteiger partial charge in [0.05, 0.1) is 19.5 Å². The summed E-state index contributed by atoms with van der Waals surface area (Å²) in [5, 5.41) is 13.6. The van der Waals surface area contributed by atoms with Crippen LogP contribution in [0.3, 0.4) is 0 Å². The summed E-state index contributed by atoms with van der Waals surface area (Å²) in [4.78, 5) is 13.0. The number of hydrogen-bond donors (Lipinski definition) is 2. The number of aliphatic hydroxyl groups is 1. The predicted octanol–water partition coefficient (Wildman–Crippen LogP) is 2.32. The number of aliphatic hydroxyl groups excluding tert-OH is 1. The van der Waals surface area contributed by atoms with Crippen LogP contribution in [0.15, 0.2) is 36.9 Å². The lowest BCUT2D eigenvalue weighted by atomic mass is 10.1. The highest BCUT2D eigenvalue weighted by atomic mass is 16.5. The summed E-state index contributed by atoms with van der Waals surface area (Å²) < 4.78 is 7.39. The van der Waals surface area contributed by atoms with Gasteiger partial charge in [0.1, 0.15) is 17.6 Å². The number of nitrogens with one attached hydrogen (secondary N) is 1. The minimum atomic E-state index is -0.711. The minimum absolute atomic E-state index is 0.308. The number of hydrogen-bond acceptors (Lipinski definition) is 6. The fourth-order valence-corrected chi connectivity index (χ4v) is 2.85. The average molecular weight is 325 g/mol. The summed E-state index contributed by atoms with van der Waals surface area (Å²) in [5.74, 6) is 1.30. The second-order valence-corrected chi connectivity index (χ2v) is 5.92. The molecule has 0 amide bonds. The van der Waals surface area contributed by atoms with Crippen LogP contribution in [0.2, 0.25) is 0 Å². The van der Waals surface area contributed by atoms with Crippen LogP contribution in [0.5, 0.6) is 5.75 Å². The van der Waals surface area contributed by atoms with Gasteiger partial charge in [-0.2, -0.15) is 0 Å². The first-order chi connectivity index (χ1) is 11.8. The highest BCUT2D eigenvalue weighted by Gasteiger charge is 2.26. The summed E-state index contributed by atoms with van der Waals surface area (Å²) >= 11 is 0. The van der Waals surface area contributed by atoms with E-state index in [0.717, 1.165) is 16.7 Å². The molecule has 0 aliphatic heterocycles. The second kappa shape index (κ2) is 6.09. The van der Waals surface area contributed by atoms with E-state index in [1.165, 1.54) is 19.2 Å². The number of benzene rings is 1. The Hall–Kier alpha value is -2.67. The molecular weight excluding hydrogens is 306 g/mol. The minimum Gasteiger partial charge on any atom is -0.496 e. The lowest BCUT2D eigenvalue weighted by Gasteiger charge is -2.15. The van der Waals surface area contributed by atoms with Gasteiger partial charge in [0.15, 0.2) is 11.5 Å². The van der Waals surface area contributed by atoms with Gasteiger partial charge in [-0.3, -0.25) is 0 Å². The molecule has 1 saturated carbocycles. The maximum absolute atomic E-state index is 10.5. The van der Waals surface area contributed by atoms with E-state index < -0.39 is 6.10 Å². The van der Waals surface area contributed by atoms with E-state index in [9.17, 15) is 5.11 Å². The smallest absolute Gasteiger partial charge is 0.165 e.